The molecule has 11 heteroatoms. The van der Waals surface area contributed by atoms with Gasteiger partial charge in [-0.25, -0.2) is 14.4 Å². The zero-order chi connectivity index (χ0) is 49.3. The molecule has 0 saturated carbocycles. The first-order chi connectivity index (χ1) is 34.4. The van der Waals surface area contributed by atoms with Gasteiger partial charge in [-0.2, -0.15) is 5.10 Å². The van der Waals surface area contributed by atoms with E-state index in [0.29, 0.717) is 29.6 Å². The van der Waals surface area contributed by atoms with Gasteiger partial charge in [0, 0.05) is 71.9 Å². The van der Waals surface area contributed by atoms with E-state index < -0.39 is 0 Å². The first-order valence-corrected chi connectivity index (χ1v) is 26.1. The van der Waals surface area contributed by atoms with Crippen LogP contribution in [0.2, 0.25) is 0 Å². The summed E-state index contributed by atoms with van der Waals surface area (Å²) in [5.41, 5.74) is 15.8. The lowest BCUT2D eigenvalue weighted by atomic mass is 9.86. The molecule has 1 unspecified atom stereocenters. The molecule has 0 bridgehead atoms. The Morgan fingerprint density at radius 2 is 1.75 bits per heavy atom. The molecule has 4 aromatic carbocycles. The van der Waals surface area contributed by atoms with Crippen molar-refractivity contribution in [2.45, 2.75) is 77.7 Å². The smallest absolute Gasteiger partial charge is 0.188 e. The van der Waals surface area contributed by atoms with E-state index in [1.165, 1.54) is 53.5 Å². The van der Waals surface area contributed by atoms with Gasteiger partial charge in [0.05, 0.1) is 27.3 Å². The molecule has 7 aromatic rings. The molecule has 0 spiro atoms. The third-order valence-electron chi connectivity index (χ3n) is 15.0. The predicted molar refractivity (Wildman–Crippen MR) is 296 cm³/mol. The van der Waals surface area contributed by atoms with Crippen LogP contribution in [0.3, 0.4) is 0 Å². The fraction of sp³-hybridized carbons (Fsp3) is 0.317. The maximum Gasteiger partial charge on any atom is 0.188 e. The summed E-state index contributed by atoms with van der Waals surface area (Å²) in [7, 11) is 1.81. The van der Waals surface area contributed by atoms with Crippen molar-refractivity contribution in [2.24, 2.45) is 18.9 Å². The van der Waals surface area contributed by atoms with Crippen molar-refractivity contribution >= 4 is 60.9 Å². The predicted octanol–water partition coefficient (Wildman–Crippen LogP) is 13.8. The second kappa shape index (κ2) is 20.5. The Kier molecular flexibility index (Phi) is 13.8. The maximum absolute atomic E-state index is 16.0. The van der Waals surface area contributed by atoms with E-state index in [-0.39, 0.29) is 11.7 Å². The number of fused-ring (bicyclic) bond motifs is 3. The van der Waals surface area contributed by atoms with Crippen LogP contribution >= 0.6 is 11.3 Å². The summed E-state index contributed by atoms with van der Waals surface area (Å²) in [5, 5.41) is 16.5. The summed E-state index contributed by atoms with van der Waals surface area (Å²) in [6.07, 6.45) is 10.4. The Bertz CT molecular complexity index is 3170. The number of benzene rings is 4. The summed E-state index contributed by atoms with van der Waals surface area (Å²) in [5.74, 6) is 1.97. The number of rotatable bonds is 16. The van der Waals surface area contributed by atoms with Crippen LogP contribution in [0.5, 0.6) is 0 Å². The number of nitrogens with zero attached hydrogens (tertiary/aromatic N) is 6. The van der Waals surface area contributed by atoms with E-state index in [2.05, 4.69) is 127 Å². The number of aryl methyl sites for hydroxylation is 2. The Labute approximate surface area is 422 Å². The molecule has 364 valence electrons. The van der Waals surface area contributed by atoms with Crippen LogP contribution in [-0.4, -0.2) is 50.8 Å². The molecule has 0 radical (unpaired) electrons. The zero-order valence-corrected chi connectivity index (χ0v) is 42.4. The molecule has 2 fully saturated rings. The van der Waals surface area contributed by atoms with Crippen LogP contribution in [0.1, 0.15) is 90.6 Å². The number of anilines is 3. The number of hydrogen-bond acceptors (Lipinski definition) is 9. The number of hydrogen-bond donors (Lipinski definition) is 3. The van der Waals surface area contributed by atoms with Gasteiger partial charge < -0.3 is 20.9 Å². The number of para-hydroxylation sites is 1. The Balaban J connectivity index is 0.698. The molecular formula is C60H66FN9S. The van der Waals surface area contributed by atoms with Gasteiger partial charge in [-0.3, -0.25) is 9.58 Å². The van der Waals surface area contributed by atoms with Crippen LogP contribution < -0.4 is 20.9 Å². The van der Waals surface area contributed by atoms with Gasteiger partial charge in [0.1, 0.15) is 11.3 Å². The quantitative estimate of drug-likeness (QED) is 0.0883. The van der Waals surface area contributed by atoms with Gasteiger partial charge >= 0.3 is 0 Å². The number of aromatic nitrogens is 4. The molecule has 3 aliphatic rings. The monoisotopic (exact) mass is 964 g/mol. The van der Waals surface area contributed by atoms with Crippen molar-refractivity contribution < 1.29 is 4.39 Å². The summed E-state index contributed by atoms with van der Waals surface area (Å²) >= 11 is 1.64. The summed E-state index contributed by atoms with van der Waals surface area (Å²) in [4.78, 5) is 14.8. The molecule has 6 heterocycles. The fourth-order valence-corrected chi connectivity index (χ4v) is 12.1. The highest BCUT2D eigenvalue weighted by Crippen LogP contribution is 2.39. The average Bonchev–Trinajstić information content (AvgIpc) is 3.94. The van der Waals surface area contributed by atoms with Crippen LogP contribution in [0.15, 0.2) is 135 Å². The van der Waals surface area contributed by atoms with E-state index in [0.717, 1.165) is 124 Å². The summed E-state index contributed by atoms with van der Waals surface area (Å²) < 4.78 is 18.8. The third-order valence-corrected chi connectivity index (χ3v) is 16.0. The van der Waals surface area contributed by atoms with Crippen LogP contribution in [0.25, 0.3) is 44.0 Å². The van der Waals surface area contributed by atoms with Crippen LogP contribution in [0.4, 0.5) is 21.0 Å². The highest BCUT2D eigenvalue weighted by Gasteiger charge is 2.28. The average molecular weight is 964 g/mol. The lowest BCUT2D eigenvalue weighted by Gasteiger charge is -2.33. The lowest BCUT2D eigenvalue weighted by molar-refractivity contribution is 0.186. The van der Waals surface area contributed by atoms with Crippen LogP contribution in [-0.2, 0) is 26.4 Å². The molecule has 3 aromatic heterocycles. The third kappa shape index (κ3) is 10.2. The minimum absolute atomic E-state index is 0.0150. The van der Waals surface area contributed by atoms with Crippen LogP contribution in [0, 0.1) is 24.6 Å². The lowest BCUT2D eigenvalue weighted by Crippen LogP contribution is -2.36. The van der Waals surface area contributed by atoms with Gasteiger partial charge in [-0.05, 0) is 141 Å². The number of piperidine rings is 2. The number of pyridine rings is 1. The SMILES string of the molecule is C=Cc1nc(N2CCc3cccc(C(=C)Nc4nc5ccccc5s4)c3C2)ccc1-c1ccc(C[C@H](C)CCC2CCN(CC(=C)Nc3ccc4c(C5CCC(=C)NC5=C)nn(C)c4c3F)CC2)cc1C. The van der Waals surface area contributed by atoms with Crippen molar-refractivity contribution in [3.63, 3.8) is 0 Å². The maximum atomic E-state index is 16.0. The number of thiazole rings is 1. The first-order valence-electron chi connectivity index (χ1n) is 25.3. The Morgan fingerprint density at radius 1 is 0.930 bits per heavy atom. The summed E-state index contributed by atoms with van der Waals surface area (Å²) in [6.45, 7) is 30.2. The molecule has 10 rings (SSSR count). The second-order valence-electron chi connectivity index (χ2n) is 20.2. The summed E-state index contributed by atoms with van der Waals surface area (Å²) in [6, 6.07) is 29.9. The van der Waals surface area contributed by atoms with Crippen molar-refractivity contribution in [3.8, 4) is 11.1 Å². The number of nitrogens with one attached hydrogen (secondary N) is 3. The van der Waals surface area contributed by atoms with E-state index in [1.54, 1.807) is 23.1 Å². The van der Waals surface area contributed by atoms with E-state index in [9.17, 15) is 0 Å². The minimum atomic E-state index is -0.305. The van der Waals surface area contributed by atoms with Gasteiger partial charge in [0.15, 0.2) is 10.9 Å². The minimum Gasteiger partial charge on any atom is -0.363 e. The molecular weight excluding hydrogens is 898 g/mol. The largest absolute Gasteiger partial charge is 0.363 e. The highest BCUT2D eigenvalue weighted by molar-refractivity contribution is 7.22. The molecule has 2 saturated heterocycles. The Morgan fingerprint density at radius 3 is 2.54 bits per heavy atom. The van der Waals surface area contributed by atoms with Crippen molar-refractivity contribution in [3.05, 3.63) is 180 Å². The fourth-order valence-electron chi connectivity index (χ4n) is 11.2. The van der Waals surface area contributed by atoms with Gasteiger partial charge in [-0.1, -0.05) is 113 Å². The van der Waals surface area contributed by atoms with Crippen molar-refractivity contribution in [1.82, 2.24) is 30.0 Å². The molecule has 3 aliphatic heterocycles. The molecule has 0 amide bonds. The Hall–Kier alpha value is -6.82. The first kappa shape index (κ1) is 47.8. The number of halogens is 1. The van der Waals surface area contributed by atoms with Gasteiger partial charge in [-0.15, -0.1) is 0 Å². The topological polar surface area (TPSA) is 86.2 Å². The van der Waals surface area contributed by atoms with Gasteiger partial charge in [0.2, 0.25) is 0 Å². The normalized spacial score (nSPS) is 17.0. The van der Waals surface area contributed by atoms with E-state index >= 15 is 4.39 Å². The van der Waals surface area contributed by atoms with E-state index in [1.807, 2.05) is 36.4 Å². The molecule has 71 heavy (non-hydrogen) atoms. The molecule has 0 aliphatic carbocycles. The van der Waals surface area contributed by atoms with Crippen molar-refractivity contribution in [2.75, 3.05) is 41.7 Å². The second-order valence-corrected chi connectivity index (χ2v) is 21.2. The van der Waals surface area contributed by atoms with Crippen molar-refractivity contribution in [1.29, 1.82) is 0 Å². The molecule has 2 atom stereocenters. The zero-order valence-electron chi connectivity index (χ0n) is 41.6. The number of likely N-dealkylation sites (tertiary alicyclic amines) is 1. The standard InChI is InChI=1S/C60H66FN9S/c1-9-52-49(24-26-56(65-52)70-32-29-45-13-12-14-47(51(45)36-70)41(6)64-60-66-53-15-10-11-16-55(53)71-60)46-22-20-44(34-38(46)3)33-37(2)17-19-43-27-30-69(31-28-43)35-40(5)63-54-25-23-50-58(67-68(8)59(50)57(54)61)48-21-18-39(4)62-42(48)7/h9-16,20,22-26,34,37,43,48,62-63H,1,4-7,17-19,21,27-33,35-36H2,2-3,8H3,(H,64,66)/t37-,48?/m1/s1. The van der Waals surface area contributed by atoms with Gasteiger partial charge in [0.25, 0.3) is 0 Å². The van der Waals surface area contributed by atoms with E-state index in [4.69, 9.17) is 15.1 Å². The molecule has 9 nitrogen and oxygen atoms in total. The molecule has 3 N–H and O–H groups in total. The number of allylic oxidation sites excluding steroid dienone is 2. The highest BCUT2D eigenvalue weighted by atomic mass is 32.1.